The van der Waals surface area contributed by atoms with Crippen molar-refractivity contribution in [3.05, 3.63) is 20.8 Å². The number of alkyl halides is 1. The number of carbonyl (C=O) groups is 1. The van der Waals surface area contributed by atoms with Crippen LogP contribution in [-0.4, -0.2) is 28.7 Å². The normalized spacial score (nSPS) is 25.1. The van der Waals surface area contributed by atoms with Crippen LogP contribution in [0.1, 0.15) is 28.6 Å². The summed E-state index contributed by atoms with van der Waals surface area (Å²) in [5, 5.41) is 2.56. The molecule has 0 N–H and O–H groups in total. The van der Waals surface area contributed by atoms with Crippen molar-refractivity contribution in [2.24, 2.45) is 5.92 Å². The number of halogens is 2. The molecule has 1 aromatic heterocycles. The van der Waals surface area contributed by atoms with E-state index in [1.54, 1.807) is 0 Å². The zero-order valence-electron chi connectivity index (χ0n) is 9.87. The number of rotatable bonds is 1. The number of piperidine rings is 1. The fourth-order valence-corrected chi connectivity index (χ4v) is 3.63. The Hall–Kier alpha value is -0.0600. The van der Waals surface area contributed by atoms with E-state index in [-0.39, 0.29) is 5.91 Å². The fraction of sp³-hybridized carbons (Fsp3) is 0.583. The molecule has 0 spiro atoms. The summed E-state index contributed by atoms with van der Waals surface area (Å²) in [5.74, 6) is 0.576. The van der Waals surface area contributed by atoms with Crippen LogP contribution < -0.4 is 0 Å². The van der Waals surface area contributed by atoms with Crippen LogP contribution >= 0.6 is 38.9 Å². The Morgan fingerprint density at radius 2 is 2.35 bits per heavy atom. The van der Waals surface area contributed by atoms with Crippen LogP contribution in [0.2, 0.25) is 5.02 Å². The van der Waals surface area contributed by atoms with E-state index in [1.165, 1.54) is 11.3 Å². The van der Waals surface area contributed by atoms with E-state index < -0.39 is 0 Å². The predicted molar refractivity (Wildman–Crippen MR) is 76.5 cm³/mol. The van der Waals surface area contributed by atoms with Gasteiger partial charge in [0.2, 0.25) is 0 Å². The van der Waals surface area contributed by atoms with Crippen molar-refractivity contribution < 1.29 is 4.79 Å². The molecule has 1 aromatic rings. The molecule has 1 saturated heterocycles. The summed E-state index contributed by atoms with van der Waals surface area (Å²) in [4.78, 5) is 15.4. The molecule has 1 aliphatic heterocycles. The van der Waals surface area contributed by atoms with E-state index in [1.807, 2.05) is 17.2 Å². The third-order valence-corrected chi connectivity index (χ3v) is 6.23. The van der Waals surface area contributed by atoms with Gasteiger partial charge in [0.15, 0.2) is 0 Å². The summed E-state index contributed by atoms with van der Waals surface area (Å²) < 4.78 is 0. The van der Waals surface area contributed by atoms with Crippen LogP contribution in [-0.2, 0) is 0 Å². The van der Waals surface area contributed by atoms with Crippen LogP contribution in [0.4, 0.5) is 0 Å². The van der Waals surface area contributed by atoms with Gasteiger partial charge in [0.25, 0.3) is 5.91 Å². The van der Waals surface area contributed by atoms with Crippen molar-refractivity contribution in [2.75, 3.05) is 13.1 Å². The second kappa shape index (κ2) is 5.29. The van der Waals surface area contributed by atoms with E-state index in [0.717, 1.165) is 25.1 Å². The van der Waals surface area contributed by atoms with Crippen molar-refractivity contribution in [2.45, 2.75) is 25.1 Å². The van der Waals surface area contributed by atoms with Gasteiger partial charge in [0.1, 0.15) is 4.88 Å². The van der Waals surface area contributed by atoms with Crippen molar-refractivity contribution in [3.63, 3.8) is 0 Å². The van der Waals surface area contributed by atoms with Crippen molar-refractivity contribution >= 4 is 44.8 Å². The van der Waals surface area contributed by atoms with E-state index in [4.69, 9.17) is 11.6 Å². The number of amides is 1. The minimum atomic E-state index is 0.0827. The molecule has 0 radical (unpaired) electrons. The van der Waals surface area contributed by atoms with E-state index >= 15 is 0 Å². The molecule has 1 aliphatic rings. The lowest BCUT2D eigenvalue weighted by Gasteiger charge is -2.34. The number of likely N-dealkylation sites (tertiary alicyclic amines) is 1. The summed E-state index contributed by atoms with van der Waals surface area (Å²) in [6.45, 7) is 5.72. The van der Waals surface area contributed by atoms with Gasteiger partial charge in [-0.05, 0) is 30.2 Å². The Balaban J connectivity index is 2.13. The molecule has 0 bridgehead atoms. The molecule has 5 heteroatoms. The molecule has 2 heterocycles. The number of hydrogen-bond acceptors (Lipinski definition) is 2. The Morgan fingerprint density at radius 1 is 1.65 bits per heavy atom. The molecule has 1 amide bonds. The summed E-state index contributed by atoms with van der Waals surface area (Å²) >= 11 is 11.2. The first-order valence-electron chi connectivity index (χ1n) is 5.67. The number of thiophene rings is 1. The highest BCUT2D eigenvalue weighted by Gasteiger charge is 2.29. The van der Waals surface area contributed by atoms with Crippen LogP contribution in [0.5, 0.6) is 0 Å². The lowest BCUT2D eigenvalue weighted by atomic mass is 10.00. The van der Waals surface area contributed by atoms with Gasteiger partial charge >= 0.3 is 0 Å². The average molecular weight is 337 g/mol. The Labute approximate surface area is 119 Å². The lowest BCUT2D eigenvalue weighted by molar-refractivity contribution is 0.0695. The molecule has 94 valence electrons. The molecule has 2 atom stereocenters. The SMILES string of the molecule is Cc1csc(C(=O)N2CCC(Br)C(C)C2)c1Cl. The lowest BCUT2D eigenvalue weighted by Crippen LogP contribution is -2.43. The molecule has 17 heavy (non-hydrogen) atoms. The summed E-state index contributed by atoms with van der Waals surface area (Å²) in [6.07, 6.45) is 1.01. The van der Waals surface area contributed by atoms with Gasteiger partial charge in [-0.1, -0.05) is 34.5 Å². The number of carbonyl (C=O) groups excluding carboxylic acids is 1. The van der Waals surface area contributed by atoms with Crippen molar-refractivity contribution in [1.82, 2.24) is 4.90 Å². The van der Waals surface area contributed by atoms with E-state index in [0.29, 0.717) is 20.6 Å². The fourth-order valence-electron chi connectivity index (χ4n) is 2.02. The third-order valence-electron chi connectivity index (χ3n) is 3.18. The van der Waals surface area contributed by atoms with E-state index in [2.05, 4.69) is 22.9 Å². The molecule has 1 fully saturated rings. The molecular formula is C12H15BrClNOS. The number of aryl methyl sites for hydroxylation is 1. The third kappa shape index (κ3) is 2.69. The molecule has 0 aliphatic carbocycles. The zero-order valence-corrected chi connectivity index (χ0v) is 13.0. The van der Waals surface area contributed by atoms with Gasteiger partial charge in [-0.15, -0.1) is 11.3 Å². The quantitative estimate of drug-likeness (QED) is 0.711. The number of hydrogen-bond donors (Lipinski definition) is 0. The minimum absolute atomic E-state index is 0.0827. The van der Waals surface area contributed by atoms with Gasteiger partial charge in [-0.3, -0.25) is 4.79 Å². The Kier molecular flexibility index (Phi) is 4.16. The molecular weight excluding hydrogens is 322 g/mol. The second-order valence-corrected chi connectivity index (χ2v) is 7.03. The molecule has 2 unspecified atom stereocenters. The first kappa shape index (κ1) is 13.4. The molecule has 0 saturated carbocycles. The average Bonchev–Trinajstić information content (AvgIpc) is 2.63. The highest BCUT2D eigenvalue weighted by Crippen LogP contribution is 2.30. The van der Waals surface area contributed by atoms with Gasteiger partial charge < -0.3 is 4.90 Å². The van der Waals surface area contributed by atoms with Crippen LogP contribution in [0.3, 0.4) is 0 Å². The molecule has 0 aromatic carbocycles. The van der Waals surface area contributed by atoms with Crippen LogP contribution in [0.25, 0.3) is 0 Å². The summed E-state index contributed by atoms with van der Waals surface area (Å²) in [5.41, 5.74) is 0.989. The Morgan fingerprint density at radius 3 is 2.88 bits per heavy atom. The van der Waals surface area contributed by atoms with Gasteiger partial charge in [-0.2, -0.15) is 0 Å². The first-order chi connectivity index (χ1) is 8.00. The van der Waals surface area contributed by atoms with Gasteiger partial charge in [0, 0.05) is 17.9 Å². The summed E-state index contributed by atoms with van der Waals surface area (Å²) in [6, 6.07) is 0. The van der Waals surface area contributed by atoms with Crippen molar-refractivity contribution in [1.29, 1.82) is 0 Å². The molecule has 2 nitrogen and oxygen atoms in total. The maximum absolute atomic E-state index is 12.3. The maximum Gasteiger partial charge on any atom is 0.265 e. The van der Waals surface area contributed by atoms with Gasteiger partial charge in [0.05, 0.1) is 5.02 Å². The smallest absolute Gasteiger partial charge is 0.265 e. The largest absolute Gasteiger partial charge is 0.338 e. The van der Waals surface area contributed by atoms with Crippen LogP contribution in [0.15, 0.2) is 5.38 Å². The van der Waals surface area contributed by atoms with Gasteiger partial charge in [-0.25, -0.2) is 0 Å². The topological polar surface area (TPSA) is 20.3 Å². The summed E-state index contributed by atoms with van der Waals surface area (Å²) in [7, 11) is 0. The first-order valence-corrected chi connectivity index (χ1v) is 7.85. The minimum Gasteiger partial charge on any atom is -0.338 e. The highest BCUT2D eigenvalue weighted by atomic mass is 79.9. The maximum atomic E-state index is 12.3. The zero-order chi connectivity index (χ0) is 12.6. The van der Waals surface area contributed by atoms with Crippen LogP contribution in [0, 0.1) is 12.8 Å². The Bertz CT molecular complexity index is 434. The highest BCUT2D eigenvalue weighted by molar-refractivity contribution is 9.09. The van der Waals surface area contributed by atoms with Crippen molar-refractivity contribution in [3.8, 4) is 0 Å². The number of nitrogens with zero attached hydrogens (tertiary/aromatic N) is 1. The predicted octanol–water partition coefficient (Wildman–Crippen LogP) is 3.96. The second-order valence-electron chi connectivity index (χ2n) is 4.59. The standard InChI is InChI=1S/C12H15BrClNOS/c1-7-5-15(4-3-9(7)13)12(16)11-10(14)8(2)6-17-11/h6-7,9H,3-5H2,1-2H3. The molecule has 2 rings (SSSR count). The monoisotopic (exact) mass is 335 g/mol. The van der Waals surface area contributed by atoms with E-state index in [9.17, 15) is 4.79 Å².